The molecule has 306 valence electrons. The molecule has 1 aliphatic rings. The van der Waals surface area contributed by atoms with Gasteiger partial charge in [-0.2, -0.15) is 5.26 Å². The van der Waals surface area contributed by atoms with Crippen LogP contribution in [0.4, 0.5) is 0 Å². The van der Waals surface area contributed by atoms with E-state index in [1.54, 1.807) is 0 Å². The summed E-state index contributed by atoms with van der Waals surface area (Å²) in [6.45, 7) is 13.4. The van der Waals surface area contributed by atoms with Gasteiger partial charge in [-0.15, -0.1) is 0 Å². The maximum absolute atomic E-state index is 9.71. The molecule has 1 aromatic heterocycles. The maximum Gasteiger partial charge on any atom is 0.165 e. The third-order valence-electron chi connectivity index (χ3n) is 13.1. The Bertz CT molecular complexity index is 3380. The van der Waals surface area contributed by atoms with Gasteiger partial charge in [0.1, 0.15) is 0 Å². The van der Waals surface area contributed by atoms with Crippen LogP contribution in [0.5, 0.6) is 0 Å². The second-order valence-electron chi connectivity index (χ2n) is 19.1. The van der Waals surface area contributed by atoms with Gasteiger partial charge < -0.3 is 0 Å². The number of nitriles is 1. The van der Waals surface area contributed by atoms with E-state index in [2.05, 4.69) is 205 Å². The number of aromatic nitrogens is 3. The first-order chi connectivity index (χ1) is 31.0. The lowest BCUT2D eigenvalue weighted by molar-refractivity contribution is 0.590. The lowest BCUT2D eigenvalue weighted by Gasteiger charge is -2.21. The minimum Gasteiger partial charge on any atom is -0.208 e. The van der Waals surface area contributed by atoms with E-state index in [0.717, 1.165) is 60.5 Å². The van der Waals surface area contributed by atoms with Crippen molar-refractivity contribution in [3.8, 4) is 84.7 Å². The quantitative estimate of drug-likeness (QED) is 0.162. The summed E-state index contributed by atoms with van der Waals surface area (Å²) in [5.41, 5.74) is 15.5. The van der Waals surface area contributed by atoms with Gasteiger partial charge in [-0.05, 0) is 111 Å². The van der Waals surface area contributed by atoms with E-state index in [-0.39, 0.29) is 10.8 Å². The van der Waals surface area contributed by atoms with Crippen LogP contribution in [0.15, 0.2) is 170 Å². The molecule has 0 atom stereocenters. The van der Waals surface area contributed by atoms with Gasteiger partial charge in [0.25, 0.3) is 0 Å². The van der Waals surface area contributed by atoms with Gasteiger partial charge in [0.05, 0.1) is 11.6 Å². The van der Waals surface area contributed by atoms with Gasteiger partial charge in [0.2, 0.25) is 0 Å². The molecule has 0 N–H and O–H groups in total. The lowest BCUT2D eigenvalue weighted by atomic mass is 9.83. The van der Waals surface area contributed by atoms with Gasteiger partial charge in [0, 0.05) is 16.7 Å². The van der Waals surface area contributed by atoms with E-state index in [4.69, 9.17) is 15.0 Å². The second kappa shape index (κ2) is 14.7. The van der Waals surface area contributed by atoms with Crippen molar-refractivity contribution in [1.82, 2.24) is 15.0 Å². The van der Waals surface area contributed by atoms with Crippen molar-refractivity contribution in [1.29, 1.82) is 5.26 Å². The first-order valence-corrected chi connectivity index (χ1v) is 22.1. The highest BCUT2D eigenvalue weighted by molar-refractivity contribution is 6.28. The summed E-state index contributed by atoms with van der Waals surface area (Å²) >= 11 is 0. The Labute approximate surface area is 374 Å². The Morgan fingerprint density at radius 2 is 0.719 bits per heavy atom. The van der Waals surface area contributed by atoms with Crippen LogP contribution in [0.3, 0.4) is 0 Å². The monoisotopic (exact) mass is 822 g/mol. The fraction of sp³-hybridized carbons (Fsp3) is 0.133. The molecule has 0 amide bonds. The Balaban J connectivity index is 1.20. The molecule has 0 spiro atoms. The topological polar surface area (TPSA) is 62.5 Å². The average Bonchev–Trinajstić information content (AvgIpc) is 3.64. The average molecular weight is 823 g/mol. The summed E-state index contributed by atoms with van der Waals surface area (Å²) in [6, 6.07) is 63.0. The normalized spacial score (nSPS) is 12.2. The third kappa shape index (κ3) is 6.39. The van der Waals surface area contributed by atoms with Crippen molar-refractivity contribution in [3.63, 3.8) is 0 Å². The highest BCUT2D eigenvalue weighted by Gasteiger charge is 2.28. The summed E-state index contributed by atoms with van der Waals surface area (Å²) in [4.78, 5) is 15.9. The van der Waals surface area contributed by atoms with Gasteiger partial charge in [0.15, 0.2) is 17.5 Å². The van der Waals surface area contributed by atoms with E-state index >= 15 is 0 Å². The predicted octanol–water partition coefficient (Wildman–Crippen LogP) is 15.8. The molecule has 0 saturated carbocycles. The van der Waals surface area contributed by atoms with Crippen LogP contribution in [0.25, 0.3) is 111 Å². The first-order valence-electron chi connectivity index (χ1n) is 22.1. The standard InChI is InChI=1S/C60H46N4/c1-59(2,3)40-27-23-38(24-28-40)56-62-57(39-25-29-41(30-26-39)60(4,5)6)64-58(63-56)55-47-17-11-9-15-45(47)52(46-16-10-12-18-48(46)55)51-34-33-50-44-14-8-7-13-43(44)49-32-31-42(53(51)54(49)50)37-21-19-36(35-61)20-22-37/h7-34H,1-6H3. The lowest BCUT2D eigenvalue weighted by Crippen LogP contribution is -2.11. The van der Waals surface area contributed by atoms with E-state index in [1.807, 2.05) is 12.1 Å². The fourth-order valence-corrected chi connectivity index (χ4v) is 9.71. The first kappa shape index (κ1) is 39.1. The molecule has 0 unspecified atom stereocenters. The van der Waals surface area contributed by atoms with Gasteiger partial charge >= 0.3 is 0 Å². The molecular formula is C60H46N4. The maximum atomic E-state index is 9.71. The van der Waals surface area contributed by atoms with Crippen molar-refractivity contribution in [2.45, 2.75) is 52.4 Å². The molecule has 4 heteroatoms. The van der Waals surface area contributed by atoms with E-state index in [1.165, 1.54) is 44.2 Å². The largest absolute Gasteiger partial charge is 0.208 e. The van der Waals surface area contributed by atoms with Crippen LogP contribution in [0.2, 0.25) is 0 Å². The predicted molar refractivity (Wildman–Crippen MR) is 266 cm³/mol. The molecule has 1 aliphatic carbocycles. The number of benzene rings is 9. The molecule has 64 heavy (non-hydrogen) atoms. The van der Waals surface area contributed by atoms with Crippen molar-refractivity contribution in [3.05, 3.63) is 187 Å². The fourth-order valence-electron chi connectivity index (χ4n) is 9.71. The van der Waals surface area contributed by atoms with E-state index in [0.29, 0.717) is 23.0 Å². The summed E-state index contributed by atoms with van der Waals surface area (Å²) in [5.74, 6) is 1.90. The minimum absolute atomic E-state index is 0.0139. The van der Waals surface area contributed by atoms with E-state index in [9.17, 15) is 5.26 Å². The molecule has 10 aromatic rings. The van der Waals surface area contributed by atoms with Crippen LogP contribution in [0, 0.1) is 11.3 Å². The Hall–Kier alpha value is -7.74. The van der Waals surface area contributed by atoms with Gasteiger partial charge in [-0.3, -0.25) is 0 Å². The van der Waals surface area contributed by atoms with Gasteiger partial charge in [-0.25, -0.2) is 15.0 Å². The molecule has 0 bridgehead atoms. The van der Waals surface area contributed by atoms with Crippen LogP contribution in [-0.4, -0.2) is 15.0 Å². The van der Waals surface area contributed by atoms with Crippen molar-refractivity contribution in [2.75, 3.05) is 0 Å². The number of fused-ring (bicyclic) bond motifs is 5. The summed E-state index contributed by atoms with van der Waals surface area (Å²) < 4.78 is 0. The molecule has 0 saturated heterocycles. The smallest absolute Gasteiger partial charge is 0.165 e. The molecule has 9 aromatic carbocycles. The Morgan fingerprint density at radius 3 is 1.17 bits per heavy atom. The van der Waals surface area contributed by atoms with Crippen LogP contribution in [0.1, 0.15) is 58.2 Å². The summed E-state index contributed by atoms with van der Waals surface area (Å²) in [6.07, 6.45) is 0. The highest BCUT2D eigenvalue weighted by Crippen LogP contribution is 2.54. The van der Waals surface area contributed by atoms with Crippen molar-refractivity contribution < 1.29 is 0 Å². The minimum atomic E-state index is 0.0139. The van der Waals surface area contributed by atoms with E-state index < -0.39 is 0 Å². The third-order valence-corrected chi connectivity index (χ3v) is 13.1. The molecule has 4 nitrogen and oxygen atoms in total. The van der Waals surface area contributed by atoms with Crippen molar-refractivity contribution in [2.24, 2.45) is 0 Å². The zero-order chi connectivity index (χ0) is 43.9. The zero-order valence-corrected chi connectivity index (χ0v) is 37.0. The number of hydrogen-bond acceptors (Lipinski definition) is 4. The summed E-state index contributed by atoms with van der Waals surface area (Å²) in [7, 11) is 0. The van der Waals surface area contributed by atoms with Crippen molar-refractivity contribution >= 4 is 32.3 Å². The van der Waals surface area contributed by atoms with Crippen LogP contribution >= 0.6 is 0 Å². The number of hydrogen-bond donors (Lipinski definition) is 0. The van der Waals surface area contributed by atoms with Crippen LogP contribution in [-0.2, 0) is 10.8 Å². The molecular weight excluding hydrogens is 777 g/mol. The number of nitrogens with zero attached hydrogens (tertiary/aromatic N) is 4. The molecule has 11 rings (SSSR count). The highest BCUT2D eigenvalue weighted by atomic mass is 15.0. The molecule has 0 fully saturated rings. The Kier molecular flexibility index (Phi) is 8.98. The number of rotatable bonds is 5. The SMILES string of the molecule is CC(C)(C)c1ccc(-c2nc(-c3ccc(C(C)(C)C)cc3)nc(-c3c4ccccc4c(-c4ccc5c6c(ccc(-c7ccc(C#N)cc7)c46)-c4ccccc4-5)c4ccccc34)n2)cc1. The Morgan fingerprint density at radius 1 is 0.344 bits per heavy atom. The van der Waals surface area contributed by atoms with Gasteiger partial charge in [-0.1, -0.05) is 199 Å². The molecule has 0 radical (unpaired) electrons. The molecule has 1 heterocycles. The van der Waals surface area contributed by atoms with Crippen LogP contribution < -0.4 is 0 Å². The summed E-state index contributed by atoms with van der Waals surface area (Å²) in [5, 5.41) is 16.5. The zero-order valence-electron chi connectivity index (χ0n) is 37.0. The second-order valence-corrected chi connectivity index (χ2v) is 19.1. The molecule has 0 aliphatic heterocycles.